The third kappa shape index (κ3) is 4.75. The van der Waals surface area contributed by atoms with Gasteiger partial charge in [-0.05, 0) is 24.6 Å². The van der Waals surface area contributed by atoms with E-state index in [4.69, 9.17) is 9.15 Å². The standard InChI is InChI=1S/C20H19N3O6/c1-3-8-23-18(25)7-6-16(22-23)20(27)28-11-13-9-19(26)29-17-10-14(21-12(2)24)4-5-15(13)17/h4-7,9-10H,3,8,11H2,1-2H3,(H,21,24). The number of carbonyl (C=O) groups excluding carboxylic acids is 2. The SMILES string of the molecule is CCCn1nc(C(=O)OCc2cc(=O)oc3cc(NC(C)=O)ccc23)ccc1=O. The summed E-state index contributed by atoms with van der Waals surface area (Å²) in [5.41, 5.74) is 0.261. The third-order valence-electron chi connectivity index (χ3n) is 4.02. The number of nitrogens with zero attached hydrogens (tertiary/aromatic N) is 2. The van der Waals surface area contributed by atoms with Crippen molar-refractivity contribution in [1.82, 2.24) is 9.78 Å². The summed E-state index contributed by atoms with van der Waals surface area (Å²) in [6.45, 7) is 3.46. The van der Waals surface area contributed by atoms with E-state index in [0.29, 0.717) is 29.6 Å². The largest absolute Gasteiger partial charge is 0.456 e. The summed E-state index contributed by atoms with van der Waals surface area (Å²) in [6.07, 6.45) is 0.692. The lowest BCUT2D eigenvalue weighted by atomic mass is 10.1. The zero-order valence-corrected chi connectivity index (χ0v) is 15.9. The topological polar surface area (TPSA) is 120 Å². The quantitative estimate of drug-likeness (QED) is 0.499. The van der Waals surface area contributed by atoms with Gasteiger partial charge in [0, 0.05) is 48.3 Å². The van der Waals surface area contributed by atoms with E-state index in [1.54, 1.807) is 12.1 Å². The van der Waals surface area contributed by atoms with E-state index in [1.807, 2.05) is 6.92 Å². The fourth-order valence-corrected chi connectivity index (χ4v) is 2.78. The maximum absolute atomic E-state index is 12.3. The van der Waals surface area contributed by atoms with Crippen molar-refractivity contribution in [2.75, 3.05) is 5.32 Å². The lowest BCUT2D eigenvalue weighted by Crippen LogP contribution is -2.24. The molecule has 0 radical (unpaired) electrons. The molecule has 3 rings (SSSR count). The molecule has 0 atom stereocenters. The lowest BCUT2D eigenvalue weighted by Gasteiger charge is -2.09. The number of nitrogens with one attached hydrogen (secondary N) is 1. The van der Waals surface area contributed by atoms with Gasteiger partial charge in [0.25, 0.3) is 5.56 Å². The van der Waals surface area contributed by atoms with Gasteiger partial charge in [0.05, 0.1) is 0 Å². The number of aryl methyl sites for hydroxylation is 1. The van der Waals surface area contributed by atoms with Crippen molar-refractivity contribution in [2.45, 2.75) is 33.4 Å². The molecule has 0 saturated carbocycles. The predicted molar refractivity (Wildman–Crippen MR) is 105 cm³/mol. The third-order valence-corrected chi connectivity index (χ3v) is 4.02. The highest BCUT2D eigenvalue weighted by Crippen LogP contribution is 2.22. The van der Waals surface area contributed by atoms with Gasteiger partial charge >= 0.3 is 11.6 Å². The van der Waals surface area contributed by atoms with Gasteiger partial charge in [-0.2, -0.15) is 5.10 Å². The lowest BCUT2D eigenvalue weighted by molar-refractivity contribution is -0.114. The van der Waals surface area contributed by atoms with Crippen LogP contribution in [-0.2, 0) is 22.7 Å². The van der Waals surface area contributed by atoms with Gasteiger partial charge in [-0.25, -0.2) is 14.3 Å². The minimum Gasteiger partial charge on any atom is -0.456 e. The Hall–Kier alpha value is -3.75. The Morgan fingerprint density at radius 1 is 1.17 bits per heavy atom. The van der Waals surface area contributed by atoms with Crippen LogP contribution in [0.1, 0.15) is 36.3 Å². The number of hydrogen-bond donors (Lipinski definition) is 1. The zero-order valence-electron chi connectivity index (χ0n) is 15.9. The van der Waals surface area contributed by atoms with Crippen LogP contribution in [-0.4, -0.2) is 21.7 Å². The monoisotopic (exact) mass is 397 g/mol. The molecule has 0 aliphatic rings. The number of esters is 1. The van der Waals surface area contributed by atoms with Crippen molar-refractivity contribution < 1.29 is 18.7 Å². The second-order valence-electron chi connectivity index (χ2n) is 6.34. The van der Waals surface area contributed by atoms with E-state index in [-0.39, 0.29) is 29.4 Å². The normalized spacial score (nSPS) is 10.7. The maximum Gasteiger partial charge on any atom is 0.359 e. The van der Waals surface area contributed by atoms with E-state index in [9.17, 15) is 19.2 Å². The maximum atomic E-state index is 12.3. The van der Waals surface area contributed by atoms with Gasteiger partial charge in [0.2, 0.25) is 5.91 Å². The summed E-state index contributed by atoms with van der Waals surface area (Å²) in [4.78, 5) is 47.1. The van der Waals surface area contributed by atoms with Crippen molar-refractivity contribution in [3.63, 3.8) is 0 Å². The summed E-state index contributed by atoms with van der Waals surface area (Å²) in [7, 11) is 0. The summed E-state index contributed by atoms with van der Waals surface area (Å²) in [5.74, 6) is -0.972. The molecule has 150 valence electrons. The van der Waals surface area contributed by atoms with Crippen LogP contribution in [0.15, 0.2) is 50.4 Å². The molecule has 0 spiro atoms. The molecule has 0 unspecified atom stereocenters. The van der Waals surface area contributed by atoms with E-state index in [1.165, 1.54) is 35.9 Å². The smallest absolute Gasteiger partial charge is 0.359 e. The van der Waals surface area contributed by atoms with Crippen LogP contribution in [0.4, 0.5) is 5.69 Å². The van der Waals surface area contributed by atoms with Crippen LogP contribution >= 0.6 is 0 Å². The second kappa shape index (κ2) is 8.51. The van der Waals surface area contributed by atoms with Crippen LogP contribution < -0.4 is 16.5 Å². The van der Waals surface area contributed by atoms with Gasteiger partial charge in [-0.3, -0.25) is 9.59 Å². The average Bonchev–Trinajstić information content (AvgIpc) is 2.66. The molecule has 9 nitrogen and oxygen atoms in total. The van der Waals surface area contributed by atoms with Crippen LogP contribution in [0.2, 0.25) is 0 Å². The van der Waals surface area contributed by atoms with Gasteiger partial charge in [-0.1, -0.05) is 6.92 Å². The molecule has 0 fully saturated rings. The number of hydrogen-bond acceptors (Lipinski definition) is 7. The van der Waals surface area contributed by atoms with Crippen molar-refractivity contribution in [2.24, 2.45) is 0 Å². The Balaban J connectivity index is 1.84. The Kier molecular flexibility index (Phi) is 5.87. The Labute approximate surface area is 164 Å². The molecule has 0 aliphatic heterocycles. The average molecular weight is 397 g/mol. The first-order chi connectivity index (χ1) is 13.9. The highest BCUT2D eigenvalue weighted by atomic mass is 16.5. The summed E-state index contributed by atoms with van der Waals surface area (Å²) < 4.78 is 11.7. The fourth-order valence-electron chi connectivity index (χ4n) is 2.78. The molecule has 3 aromatic rings. The molecule has 9 heteroatoms. The minimum absolute atomic E-state index is 0.00161. The second-order valence-corrected chi connectivity index (χ2v) is 6.34. The van der Waals surface area contributed by atoms with Crippen molar-refractivity contribution in [3.05, 3.63) is 68.4 Å². The summed E-state index contributed by atoms with van der Waals surface area (Å²) in [6, 6.07) is 8.62. The summed E-state index contributed by atoms with van der Waals surface area (Å²) >= 11 is 0. The Morgan fingerprint density at radius 3 is 2.69 bits per heavy atom. The van der Waals surface area contributed by atoms with Crippen LogP contribution in [0.5, 0.6) is 0 Å². The zero-order chi connectivity index (χ0) is 21.0. The molecule has 2 aromatic heterocycles. The number of benzene rings is 1. The molecule has 2 heterocycles. The first kappa shape index (κ1) is 20.0. The highest BCUT2D eigenvalue weighted by Gasteiger charge is 2.14. The number of carbonyl (C=O) groups is 2. The van der Waals surface area contributed by atoms with Gasteiger partial charge in [0.1, 0.15) is 12.2 Å². The van der Waals surface area contributed by atoms with Crippen molar-refractivity contribution in [3.8, 4) is 0 Å². The molecule has 1 aromatic carbocycles. The van der Waals surface area contributed by atoms with Crippen LogP contribution in [0, 0.1) is 0 Å². The number of rotatable bonds is 6. The molecular weight excluding hydrogens is 378 g/mol. The van der Waals surface area contributed by atoms with Gasteiger partial charge in [-0.15, -0.1) is 0 Å². The molecule has 29 heavy (non-hydrogen) atoms. The van der Waals surface area contributed by atoms with Crippen LogP contribution in [0.25, 0.3) is 11.0 Å². The first-order valence-corrected chi connectivity index (χ1v) is 8.97. The molecular formula is C20H19N3O6. The van der Waals surface area contributed by atoms with Gasteiger partial charge < -0.3 is 14.5 Å². The van der Waals surface area contributed by atoms with E-state index in [2.05, 4.69) is 10.4 Å². The summed E-state index contributed by atoms with van der Waals surface area (Å²) in [5, 5.41) is 7.17. The molecule has 0 saturated heterocycles. The molecule has 0 aliphatic carbocycles. The van der Waals surface area contributed by atoms with E-state index >= 15 is 0 Å². The number of ether oxygens (including phenoxy) is 1. The van der Waals surface area contributed by atoms with Crippen molar-refractivity contribution in [1.29, 1.82) is 0 Å². The number of anilines is 1. The molecule has 0 bridgehead atoms. The number of amides is 1. The van der Waals surface area contributed by atoms with E-state index in [0.717, 1.165) is 0 Å². The highest BCUT2D eigenvalue weighted by molar-refractivity contribution is 5.92. The Morgan fingerprint density at radius 2 is 1.97 bits per heavy atom. The number of fused-ring (bicyclic) bond motifs is 1. The Bertz CT molecular complexity index is 1190. The van der Waals surface area contributed by atoms with Gasteiger partial charge in [0.15, 0.2) is 5.69 Å². The number of aromatic nitrogens is 2. The van der Waals surface area contributed by atoms with Crippen LogP contribution in [0.3, 0.4) is 0 Å². The van der Waals surface area contributed by atoms with E-state index < -0.39 is 11.6 Å². The molecule has 1 N–H and O–H groups in total. The fraction of sp³-hybridized carbons (Fsp3) is 0.250. The minimum atomic E-state index is -0.717. The molecule has 1 amide bonds. The van der Waals surface area contributed by atoms with Crippen molar-refractivity contribution >= 4 is 28.5 Å². The first-order valence-electron chi connectivity index (χ1n) is 8.97. The predicted octanol–water partition coefficient (Wildman–Crippen LogP) is 2.08.